The van der Waals surface area contributed by atoms with Gasteiger partial charge in [0.25, 0.3) is 5.56 Å². The van der Waals surface area contributed by atoms with Crippen LogP contribution in [-0.4, -0.2) is 42.2 Å². The number of nitrogens with two attached hydrogens (primary N) is 1. The van der Waals surface area contributed by atoms with Crippen LogP contribution in [0.4, 0.5) is 5.95 Å². The highest BCUT2D eigenvalue weighted by molar-refractivity contribution is 7.99. The predicted molar refractivity (Wildman–Crippen MR) is 99.9 cm³/mol. The summed E-state index contributed by atoms with van der Waals surface area (Å²) in [7, 11) is 1.67. The molecule has 0 atom stereocenters. The van der Waals surface area contributed by atoms with Crippen molar-refractivity contribution in [2.75, 3.05) is 18.4 Å². The third-order valence-corrected chi connectivity index (χ3v) is 4.49. The molecule has 0 bridgehead atoms. The van der Waals surface area contributed by atoms with Crippen LogP contribution in [0.25, 0.3) is 11.2 Å². The fourth-order valence-electron chi connectivity index (χ4n) is 2.29. The van der Waals surface area contributed by atoms with Crippen LogP contribution in [0, 0.1) is 11.8 Å². The van der Waals surface area contributed by atoms with Crippen molar-refractivity contribution >= 4 is 28.9 Å². The van der Waals surface area contributed by atoms with Crippen molar-refractivity contribution in [2.24, 2.45) is 12.8 Å². The van der Waals surface area contributed by atoms with E-state index in [4.69, 9.17) is 5.73 Å². The molecule has 0 aromatic carbocycles. The van der Waals surface area contributed by atoms with Crippen LogP contribution >= 0.6 is 11.8 Å². The van der Waals surface area contributed by atoms with Gasteiger partial charge in [-0.2, -0.15) is 4.98 Å². The lowest BCUT2D eigenvalue weighted by Crippen LogP contribution is -2.22. The van der Waals surface area contributed by atoms with Gasteiger partial charge in [-0.15, -0.1) is 5.92 Å². The largest absolute Gasteiger partial charge is 0.354 e. The van der Waals surface area contributed by atoms with Crippen LogP contribution in [0.2, 0.25) is 0 Å². The minimum Gasteiger partial charge on any atom is -0.354 e. The van der Waals surface area contributed by atoms with E-state index in [1.807, 2.05) is 0 Å². The maximum absolute atomic E-state index is 12.9. The zero-order chi connectivity index (χ0) is 18.5. The Balaban J connectivity index is 2.12. The second-order valence-corrected chi connectivity index (χ2v) is 6.23. The third-order valence-electron chi connectivity index (χ3n) is 3.52. The van der Waals surface area contributed by atoms with Gasteiger partial charge in [-0.25, -0.2) is 9.97 Å². The number of anilines is 1. The monoisotopic (exact) mass is 370 g/mol. The number of imidazole rings is 1. The Labute approximate surface area is 154 Å². The number of nitrogens with one attached hydrogen (secondary N) is 1. The first-order chi connectivity index (χ1) is 12.7. The second-order valence-electron chi connectivity index (χ2n) is 5.24. The molecule has 0 aliphatic heterocycles. The van der Waals surface area contributed by atoms with E-state index in [1.165, 1.54) is 16.3 Å². The zero-order valence-electron chi connectivity index (χ0n) is 14.4. The van der Waals surface area contributed by atoms with Crippen molar-refractivity contribution in [1.82, 2.24) is 29.1 Å². The van der Waals surface area contributed by atoms with Crippen LogP contribution in [0.3, 0.4) is 0 Å². The molecule has 0 unspecified atom stereocenters. The van der Waals surface area contributed by atoms with Gasteiger partial charge in [-0.05, 0) is 18.7 Å². The lowest BCUT2D eigenvalue weighted by atomic mass is 10.5. The van der Waals surface area contributed by atoms with Crippen molar-refractivity contribution in [2.45, 2.75) is 23.7 Å². The van der Waals surface area contributed by atoms with Gasteiger partial charge < -0.3 is 11.1 Å². The fraction of sp³-hybridized carbons (Fsp3) is 0.312. The van der Waals surface area contributed by atoms with E-state index in [2.05, 4.69) is 37.1 Å². The van der Waals surface area contributed by atoms with Crippen molar-refractivity contribution in [3.8, 4) is 11.8 Å². The van der Waals surface area contributed by atoms with E-state index in [9.17, 15) is 4.79 Å². The Kier molecular flexibility index (Phi) is 5.50. The molecule has 0 fully saturated rings. The minimum atomic E-state index is -0.201. The average molecular weight is 370 g/mol. The first-order valence-corrected chi connectivity index (χ1v) is 8.72. The van der Waals surface area contributed by atoms with Crippen molar-refractivity contribution < 1.29 is 0 Å². The van der Waals surface area contributed by atoms with E-state index in [0.717, 1.165) is 0 Å². The van der Waals surface area contributed by atoms with Gasteiger partial charge in [0.15, 0.2) is 16.3 Å². The summed E-state index contributed by atoms with van der Waals surface area (Å²) in [5.74, 6) is 6.32. The summed E-state index contributed by atoms with van der Waals surface area (Å²) >= 11 is 1.25. The highest BCUT2D eigenvalue weighted by Gasteiger charge is 2.18. The van der Waals surface area contributed by atoms with Crippen LogP contribution in [0.15, 0.2) is 33.6 Å². The van der Waals surface area contributed by atoms with Crippen molar-refractivity contribution in [3.05, 3.63) is 28.9 Å². The molecule has 0 aliphatic rings. The number of aromatic nitrogens is 6. The zero-order valence-corrected chi connectivity index (χ0v) is 15.2. The van der Waals surface area contributed by atoms with Crippen LogP contribution < -0.4 is 16.6 Å². The van der Waals surface area contributed by atoms with E-state index in [0.29, 0.717) is 46.9 Å². The lowest BCUT2D eigenvalue weighted by Gasteiger charge is -2.08. The first-order valence-electron chi connectivity index (χ1n) is 7.90. The molecule has 10 heteroatoms. The van der Waals surface area contributed by atoms with E-state index in [-0.39, 0.29) is 5.56 Å². The Bertz CT molecular complexity index is 1030. The molecular formula is C16H18N8OS. The molecule has 0 radical (unpaired) electrons. The Morgan fingerprint density at radius 2 is 2.19 bits per heavy atom. The summed E-state index contributed by atoms with van der Waals surface area (Å²) in [6.07, 6.45) is 4.79. The standard InChI is InChI=1S/C16H18N8OS/c1-3-4-9-24-12-13(21-15(24)20-6-5-17)22-16(23(2)14(12)25)26-11-10-18-7-8-19-11/h7-8,10H,5-6,9,17H2,1-2H3,(H,20,21). The van der Waals surface area contributed by atoms with Gasteiger partial charge >= 0.3 is 0 Å². The maximum atomic E-state index is 12.9. The van der Waals surface area contributed by atoms with Crippen LogP contribution in [-0.2, 0) is 13.6 Å². The molecular weight excluding hydrogens is 352 g/mol. The lowest BCUT2D eigenvalue weighted by molar-refractivity contribution is 0.715. The van der Waals surface area contributed by atoms with Crippen molar-refractivity contribution in [1.29, 1.82) is 0 Å². The quantitative estimate of drug-likeness (QED) is 0.475. The summed E-state index contributed by atoms with van der Waals surface area (Å²) in [5, 5.41) is 4.25. The molecule has 26 heavy (non-hydrogen) atoms. The number of nitrogens with zero attached hydrogens (tertiary/aromatic N) is 6. The third kappa shape index (κ3) is 3.54. The average Bonchev–Trinajstić information content (AvgIpc) is 3.00. The van der Waals surface area contributed by atoms with Crippen molar-refractivity contribution in [3.63, 3.8) is 0 Å². The molecule has 134 valence electrons. The molecule has 3 aromatic heterocycles. The Morgan fingerprint density at radius 1 is 1.35 bits per heavy atom. The number of hydrogen-bond donors (Lipinski definition) is 2. The SMILES string of the molecule is CC#CCn1c(NCCN)nc2nc(Sc3cnccn3)n(C)c(=O)c21. The van der Waals surface area contributed by atoms with Crippen LogP contribution in [0.5, 0.6) is 0 Å². The summed E-state index contributed by atoms with van der Waals surface area (Å²) in [6.45, 7) is 3.07. The van der Waals surface area contributed by atoms with E-state index in [1.54, 1.807) is 37.1 Å². The molecule has 3 aromatic rings. The molecule has 0 aliphatic carbocycles. The van der Waals surface area contributed by atoms with Gasteiger partial charge in [-0.3, -0.25) is 18.9 Å². The van der Waals surface area contributed by atoms with E-state index < -0.39 is 0 Å². The Hall–Kier alpha value is -2.90. The summed E-state index contributed by atoms with van der Waals surface area (Å²) < 4.78 is 3.21. The predicted octanol–water partition coefficient (Wildman–Crippen LogP) is 0.465. The highest BCUT2D eigenvalue weighted by Crippen LogP contribution is 2.24. The smallest absolute Gasteiger partial charge is 0.280 e. The number of rotatable bonds is 6. The van der Waals surface area contributed by atoms with Gasteiger partial charge in [-0.1, -0.05) is 5.92 Å². The molecule has 0 amide bonds. The first kappa shape index (κ1) is 17.9. The molecule has 3 N–H and O–H groups in total. The molecule has 3 heterocycles. The number of fused-ring (bicyclic) bond motifs is 1. The van der Waals surface area contributed by atoms with Gasteiger partial charge in [0, 0.05) is 32.5 Å². The normalized spacial score (nSPS) is 10.6. The molecule has 0 spiro atoms. The topological polar surface area (TPSA) is 117 Å². The van der Waals surface area contributed by atoms with Gasteiger partial charge in [0.2, 0.25) is 5.95 Å². The second kappa shape index (κ2) is 7.99. The molecule has 9 nitrogen and oxygen atoms in total. The van der Waals surface area contributed by atoms with E-state index >= 15 is 0 Å². The Morgan fingerprint density at radius 3 is 2.88 bits per heavy atom. The summed E-state index contributed by atoms with van der Waals surface area (Å²) in [6, 6.07) is 0. The van der Waals surface area contributed by atoms with Gasteiger partial charge in [0.05, 0.1) is 12.7 Å². The van der Waals surface area contributed by atoms with Gasteiger partial charge in [0.1, 0.15) is 5.03 Å². The molecule has 0 saturated carbocycles. The molecule has 0 saturated heterocycles. The minimum absolute atomic E-state index is 0.201. The molecule has 3 rings (SSSR count). The summed E-state index contributed by atoms with van der Waals surface area (Å²) in [5.41, 5.74) is 6.12. The number of hydrogen-bond acceptors (Lipinski definition) is 8. The highest BCUT2D eigenvalue weighted by atomic mass is 32.2. The maximum Gasteiger partial charge on any atom is 0.280 e. The van der Waals surface area contributed by atoms with Crippen LogP contribution in [0.1, 0.15) is 6.92 Å². The summed E-state index contributed by atoms with van der Waals surface area (Å²) in [4.78, 5) is 30.1. The fourth-order valence-corrected chi connectivity index (χ4v) is 3.06.